The summed E-state index contributed by atoms with van der Waals surface area (Å²) in [5.41, 5.74) is 6.53. The van der Waals surface area contributed by atoms with Gasteiger partial charge in [0.2, 0.25) is 0 Å². The average molecular weight is 527 g/mol. The first-order chi connectivity index (χ1) is 17.3. The molecule has 0 bridgehead atoms. The van der Waals surface area contributed by atoms with Gasteiger partial charge in [-0.15, -0.1) is 0 Å². The van der Waals surface area contributed by atoms with E-state index in [1.54, 1.807) is 31.3 Å². The van der Waals surface area contributed by atoms with Crippen LogP contribution in [0.2, 0.25) is 10.0 Å². The van der Waals surface area contributed by atoms with Crippen LogP contribution in [0.4, 0.5) is 10.2 Å². The lowest BCUT2D eigenvalue weighted by Crippen LogP contribution is -2.32. The van der Waals surface area contributed by atoms with E-state index in [1.165, 1.54) is 46.1 Å². The third kappa shape index (κ3) is 5.23. The number of rotatable bonds is 7. The van der Waals surface area contributed by atoms with Gasteiger partial charge in [0.25, 0.3) is 11.8 Å². The van der Waals surface area contributed by atoms with E-state index < -0.39 is 11.7 Å². The summed E-state index contributed by atoms with van der Waals surface area (Å²) in [6, 6.07) is 15.9. The fourth-order valence-electron chi connectivity index (χ4n) is 3.50. The molecule has 36 heavy (non-hydrogen) atoms. The van der Waals surface area contributed by atoms with Crippen molar-refractivity contribution in [2.24, 2.45) is 5.73 Å². The molecule has 0 radical (unpaired) electrons. The first kappa shape index (κ1) is 25.3. The van der Waals surface area contributed by atoms with Gasteiger partial charge < -0.3 is 16.0 Å². The van der Waals surface area contributed by atoms with E-state index in [-0.39, 0.29) is 44.3 Å². The maximum atomic E-state index is 14.4. The van der Waals surface area contributed by atoms with Crippen LogP contribution in [0.1, 0.15) is 20.8 Å². The Morgan fingerprint density at radius 1 is 1.08 bits per heavy atom. The zero-order chi connectivity index (χ0) is 25.8. The molecule has 2 heterocycles. The number of para-hydroxylation sites is 1. The zero-order valence-electron chi connectivity index (χ0n) is 19.1. The molecule has 3 N–H and O–H groups in total. The van der Waals surface area contributed by atoms with Gasteiger partial charge in [-0.2, -0.15) is 5.10 Å². The normalized spacial score (nSPS) is 10.8. The van der Waals surface area contributed by atoms with Gasteiger partial charge in [0, 0.05) is 38.0 Å². The van der Waals surface area contributed by atoms with Crippen molar-refractivity contribution in [3.8, 4) is 16.9 Å². The summed E-state index contributed by atoms with van der Waals surface area (Å²) < 4.78 is 15.8. The highest BCUT2D eigenvalue weighted by Gasteiger charge is 2.22. The zero-order valence-corrected chi connectivity index (χ0v) is 20.6. The van der Waals surface area contributed by atoms with Gasteiger partial charge in [0.1, 0.15) is 17.3 Å². The molecule has 2 amide bonds. The number of halogens is 3. The van der Waals surface area contributed by atoms with E-state index in [4.69, 9.17) is 28.9 Å². The summed E-state index contributed by atoms with van der Waals surface area (Å²) in [6.07, 6.45) is 1.42. The number of nitrogens with two attached hydrogens (primary N) is 1. The Morgan fingerprint density at radius 3 is 2.53 bits per heavy atom. The molecule has 0 spiro atoms. The fourth-order valence-corrected chi connectivity index (χ4v) is 4.06. The molecule has 0 aliphatic heterocycles. The molecule has 2 aromatic heterocycles. The minimum absolute atomic E-state index is 0.0154. The van der Waals surface area contributed by atoms with Crippen LogP contribution in [-0.4, -0.2) is 51.6 Å². The average Bonchev–Trinajstić information content (AvgIpc) is 3.28. The molecule has 0 fully saturated rings. The largest absolute Gasteiger partial charge is 0.339 e. The smallest absolute Gasteiger partial charge is 0.274 e. The van der Waals surface area contributed by atoms with E-state index >= 15 is 0 Å². The van der Waals surface area contributed by atoms with Gasteiger partial charge in [-0.1, -0.05) is 41.4 Å². The van der Waals surface area contributed by atoms with Gasteiger partial charge in [-0.3, -0.25) is 14.6 Å². The van der Waals surface area contributed by atoms with E-state index in [0.29, 0.717) is 18.8 Å². The third-order valence-electron chi connectivity index (χ3n) is 5.30. The van der Waals surface area contributed by atoms with Crippen molar-refractivity contribution in [1.29, 1.82) is 0 Å². The summed E-state index contributed by atoms with van der Waals surface area (Å²) in [7, 11) is 1.61. The Hall–Kier alpha value is -3.79. The molecule has 4 rings (SSSR count). The molecule has 2 aromatic carbocycles. The molecule has 0 unspecified atom stereocenters. The Morgan fingerprint density at radius 2 is 1.83 bits per heavy atom. The number of pyridine rings is 1. The molecule has 8 nitrogen and oxygen atoms in total. The number of hydrogen-bond donors (Lipinski definition) is 2. The van der Waals surface area contributed by atoms with Crippen molar-refractivity contribution >= 4 is 40.8 Å². The van der Waals surface area contributed by atoms with Crippen LogP contribution in [0.15, 0.2) is 66.9 Å². The topological polar surface area (TPSA) is 106 Å². The Labute approximate surface area is 216 Å². The molecular weight excluding hydrogens is 506 g/mol. The number of amides is 2. The van der Waals surface area contributed by atoms with Crippen LogP contribution in [0.5, 0.6) is 0 Å². The van der Waals surface area contributed by atoms with Crippen LogP contribution < -0.4 is 11.1 Å². The summed E-state index contributed by atoms with van der Waals surface area (Å²) in [5, 5.41) is 7.35. The monoisotopic (exact) mass is 526 g/mol. The quantitative estimate of drug-likeness (QED) is 0.364. The second-order valence-electron chi connectivity index (χ2n) is 7.78. The van der Waals surface area contributed by atoms with Crippen molar-refractivity contribution in [2.45, 2.75) is 0 Å². The summed E-state index contributed by atoms with van der Waals surface area (Å²) >= 11 is 12.6. The van der Waals surface area contributed by atoms with Crippen molar-refractivity contribution in [2.75, 3.05) is 25.5 Å². The number of hydrogen-bond acceptors (Lipinski definition) is 5. The maximum absolute atomic E-state index is 14.4. The fraction of sp³-hybridized carbons (Fsp3) is 0.120. The van der Waals surface area contributed by atoms with Crippen molar-refractivity contribution < 1.29 is 14.0 Å². The van der Waals surface area contributed by atoms with Crippen molar-refractivity contribution in [3.05, 3.63) is 94.0 Å². The third-order valence-corrected chi connectivity index (χ3v) is 5.92. The molecule has 0 saturated carbocycles. The van der Waals surface area contributed by atoms with Crippen LogP contribution in [-0.2, 0) is 0 Å². The van der Waals surface area contributed by atoms with Crippen molar-refractivity contribution in [1.82, 2.24) is 19.7 Å². The molecule has 0 aliphatic carbocycles. The first-order valence-electron chi connectivity index (χ1n) is 10.8. The van der Waals surface area contributed by atoms with E-state index in [1.807, 2.05) is 6.07 Å². The Bertz CT molecular complexity index is 1430. The van der Waals surface area contributed by atoms with Gasteiger partial charge in [-0.05, 0) is 36.4 Å². The SMILES string of the molecule is CN(CCN)C(=O)c1cc(NC(=O)c2cc(-c3ncccc3F)c(Cl)cc2Cl)n(-c2ccccc2)n1. The molecule has 184 valence electrons. The minimum Gasteiger partial charge on any atom is -0.339 e. The van der Waals surface area contributed by atoms with Crippen molar-refractivity contribution in [3.63, 3.8) is 0 Å². The van der Waals surface area contributed by atoms with Crippen LogP contribution >= 0.6 is 23.2 Å². The highest BCUT2D eigenvalue weighted by atomic mass is 35.5. The van der Waals surface area contributed by atoms with Gasteiger partial charge in [0.15, 0.2) is 5.69 Å². The maximum Gasteiger partial charge on any atom is 0.274 e. The number of carbonyl (C=O) groups is 2. The molecular formula is C25H21Cl2FN6O2. The van der Waals surface area contributed by atoms with Gasteiger partial charge in [0.05, 0.1) is 21.3 Å². The number of carbonyl (C=O) groups excluding carboxylic acids is 2. The van der Waals surface area contributed by atoms with E-state index in [0.717, 1.165) is 0 Å². The summed E-state index contributed by atoms with van der Waals surface area (Å²) in [5.74, 6) is -1.34. The van der Waals surface area contributed by atoms with Gasteiger partial charge >= 0.3 is 0 Å². The number of nitrogens with zero attached hydrogens (tertiary/aromatic N) is 4. The highest BCUT2D eigenvalue weighted by Crippen LogP contribution is 2.33. The molecule has 4 aromatic rings. The molecule has 0 saturated heterocycles. The standard InChI is InChI=1S/C25H21Cl2FN6O2/c1-33(11-9-29)25(36)21-14-22(34(32-21)15-6-3-2-4-7-15)31-24(35)17-12-16(18(26)13-19(17)27)23-20(28)8-5-10-30-23/h2-8,10,12-14H,9,11,29H2,1H3,(H,31,35). The number of likely N-dealkylation sites (N-methyl/N-ethyl adjacent to an activating group) is 1. The summed E-state index contributed by atoms with van der Waals surface area (Å²) in [4.78, 5) is 31.6. The van der Waals surface area contributed by atoms with Crippen LogP contribution in [0.25, 0.3) is 16.9 Å². The van der Waals surface area contributed by atoms with E-state index in [2.05, 4.69) is 15.4 Å². The predicted octanol–water partition coefficient (Wildman–Crippen LogP) is 4.66. The Kier molecular flexibility index (Phi) is 7.64. The second kappa shape index (κ2) is 10.9. The van der Waals surface area contributed by atoms with Crippen LogP contribution in [0, 0.1) is 5.82 Å². The number of anilines is 1. The van der Waals surface area contributed by atoms with E-state index in [9.17, 15) is 14.0 Å². The molecule has 11 heteroatoms. The summed E-state index contributed by atoms with van der Waals surface area (Å²) in [6.45, 7) is 0.630. The second-order valence-corrected chi connectivity index (χ2v) is 8.59. The lowest BCUT2D eigenvalue weighted by molar-refractivity contribution is 0.0792. The number of nitrogens with one attached hydrogen (secondary N) is 1. The van der Waals surface area contributed by atoms with Gasteiger partial charge in [-0.25, -0.2) is 9.07 Å². The predicted molar refractivity (Wildman–Crippen MR) is 137 cm³/mol. The number of benzene rings is 2. The lowest BCUT2D eigenvalue weighted by atomic mass is 10.1. The lowest BCUT2D eigenvalue weighted by Gasteiger charge is -2.13. The number of aromatic nitrogens is 3. The molecule has 0 aliphatic rings. The van der Waals surface area contributed by atoms with Crippen LogP contribution in [0.3, 0.4) is 0 Å². The highest BCUT2D eigenvalue weighted by molar-refractivity contribution is 6.38. The minimum atomic E-state index is -0.611. The molecule has 0 atom stereocenters. The Balaban J connectivity index is 1.73. The first-order valence-corrected chi connectivity index (χ1v) is 11.6.